The Bertz CT molecular complexity index is 407. The number of methoxy groups -OCH3 is 1. The zero-order valence-electron chi connectivity index (χ0n) is 11.1. The standard InChI is InChI=1S/C13H20N2O3/c1-4-5-15(9-13(16)17)8-11-7-12(18-3)6-10(2)14-11/h6-7H,4-5,8-9H2,1-3H3,(H,16,17). The maximum Gasteiger partial charge on any atom is 0.317 e. The number of nitrogens with zero attached hydrogens (tertiary/aromatic N) is 2. The zero-order valence-corrected chi connectivity index (χ0v) is 11.1. The molecule has 1 aromatic rings. The van der Waals surface area contributed by atoms with Gasteiger partial charge in [-0.3, -0.25) is 14.7 Å². The van der Waals surface area contributed by atoms with E-state index in [9.17, 15) is 4.79 Å². The van der Waals surface area contributed by atoms with Gasteiger partial charge in [0, 0.05) is 24.4 Å². The number of carbonyl (C=O) groups is 1. The summed E-state index contributed by atoms with van der Waals surface area (Å²) in [6.07, 6.45) is 0.913. The van der Waals surface area contributed by atoms with Crippen LogP contribution in [0.4, 0.5) is 0 Å². The van der Waals surface area contributed by atoms with Gasteiger partial charge in [0.2, 0.25) is 0 Å². The van der Waals surface area contributed by atoms with Crippen LogP contribution >= 0.6 is 0 Å². The molecule has 5 nitrogen and oxygen atoms in total. The van der Waals surface area contributed by atoms with Gasteiger partial charge >= 0.3 is 5.97 Å². The summed E-state index contributed by atoms with van der Waals surface area (Å²) in [4.78, 5) is 17.0. The van der Waals surface area contributed by atoms with Crippen LogP contribution in [0, 0.1) is 6.92 Å². The van der Waals surface area contributed by atoms with Gasteiger partial charge in [0.05, 0.1) is 19.3 Å². The van der Waals surface area contributed by atoms with Crippen molar-refractivity contribution >= 4 is 5.97 Å². The van der Waals surface area contributed by atoms with Crippen molar-refractivity contribution in [2.24, 2.45) is 0 Å². The third-order valence-electron chi connectivity index (χ3n) is 2.50. The van der Waals surface area contributed by atoms with Gasteiger partial charge in [-0.05, 0) is 19.9 Å². The number of hydrogen-bond acceptors (Lipinski definition) is 4. The van der Waals surface area contributed by atoms with E-state index in [1.807, 2.05) is 30.9 Å². The second-order valence-electron chi connectivity index (χ2n) is 4.24. The number of aliphatic carboxylic acids is 1. The van der Waals surface area contributed by atoms with Gasteiger partial charge in [-0.1, -0.05) is 6.92 Å². The second kappa shape index (κ2) is 6.96. The molecule has 0 aliphatic rings. The van der Waals surface area contributed by atoms with E-state index in [4.69, 9.17) is 9.84 Å². The summed E-state index contributed by atoms with van der Waals surface area (Å²) in [6.45, 7) is 5.22. The van der Waals surface area contributed by atoms with E-state index in [1.54, 1.807) is 7.11 Å². The number of hydrogen-bond donors (Lipinski definition) is 1. The minimum absolute atomic E-state index is 0.0335. The first kappa shape index (κ1) is 14.4. The Hall–Kier alpha value is -1.62. The van der Waals surface area contributed by atoms with Crippen LogP contribution in [-0.2, 0) is 11.3 Å². The Morgan fingerprint density at radius 3 is 2.78 bits per heavy atom. The minimum atomic E-state index is -0.817. The Morgan fingerprint density at radius 1 is 1.50 bits per heavy atom. The highest BCUT2D eigenvalue weighted by Gasteiger charge is 2.11. The summed E-state index contributed by atoms with van der Waals surface area (Å²) in [6, 6.07) is 3.70. The zero-order chi connectivity index (χ0) is 13.5. The summed E-state index contributed by atoms with van der Waals surface area (Å²) in [7, 11) is 1.61. The summed E-state index contributed by atoms with van der Waals surface area (Å²) in [5, 5.41) is 8.86. The van der Waals surface area contributed by atoms with Gasteiger partial charge < -0.3 is 9.84 Å². The van der Waals surface area contributed by atoms with Crippen molar-refractivity contribution < 1.29 is 14.6 Å². The largest absolute Gasteiger partial charge is 0.497 e. The predicted octanol–water partition coefficient (Wildman–Crippen LogP) is 1.70. The van der Waals surface area contributed by atoms with Crippen LogP contribution in [0.15, 0.2) is 12.1 Å². The first-order chi connectivity index (χ1) is 8.55. The highest BCUT2D eigenvalue weighted by molar-refractivity contribution is 5.69. The molecule has 0 spiro atoms. The molecule has 100 valence electrons. The molecular formula is C13H20N2O3. The van der Waals surface area contributed by atoms with Crippen molar-refractivity contribution in [3.63, 3.8) is 0 Å². The summed E-state index contributed by atoms with van der Waals surface area (Å²) in [5.41, 5.74) is 1.71. The lowest BCUT2D eigenvalue weighted by Gasteiger charge is -2.19. The number of aryl methyl sites for hydroxylation is 1. The van der Waals surface area contributed by atoms with Gasteiger partial charge in [0.15, 0.2) is 0 Å². The lowest BCUT2D eigenvalue weighted by molar-refractivity contribution is -0.138. The van der Waals surface area contributed by atoms with E-state index in [0.29, 0.717) is 6.54 Å². The Morgan fingerprint density at radius 2 is 2.22 bits per heavy atom. The SMILES string of the molecule is CCCN(CC(=O)O)Cc1cc(OC)cc(C)n1. The molecule has 0 aliphatic heterocycles. The molecule has 0 unspecified atom stereocenters. The third-order valence-corrected chi connectivity index (χ3v) is 2.50. The monoisotopic (exact) mass is 252 g/mol. The van der Waals surface area contributed by atoms with E-state index in [-0.39, 0.29) is 6.54 Å². The normalized spacial score (nSPS) is 10.7. The minimum Gasteiger partial charge on any atom is -0.497 e. The van der Waals surface area contributed by atoms with Gasteiger partial charge in [0.25, 0.3) is 0 Å². The van der Waals surface area contributed by atoms with E-state index >= 15 is 0 Å². The van der Waals surface area contributed by atoms with Crippen LogP contribution in [0.3, 0.4) is 0 Å². The number of rotatable bonds is 7. The van der Waals surface area contributed by atoms with Crippen molar-refractivity contribution in [3.8, 4) is 5.75 Å². The quantitative estimate of drug-likeness (QED) is 0.800. The number of ether oxygens (including phenoxy) is 1. The average Bonchev–Trinajstić information content (AvgIpc) is 2.27. The molecule has 0 saturated heterocycles. The summed E-state index contributed by atoms with van der Waals surface area (Å²) >= 11 is 0. The van der Waals surface area contributed by atoms with Crippen molar-refractivity contribution in [2.45, 2.75) is 26.8 Å². The molecule has 0 fully saturated rings. The van der Waals surface area contributed by atoms with Gasteiger partial charge in [-0.2, -0.15) is 0 Å². The van der Waals surface area contributed by atoms with E-state index in [0.717, 1.165) is 30.1 Å². The summed E-state index contributed by atoms with van der Waals surface area (Å²) < 4.78 is 5.18. The number of carboxylic acid groups (broad SMARTS) is 1. The second-order valence-corrected chi connectivity index (χ2v) is 4.24. The molecule has 1 heterocycles. The average molecular weight is 252 g/mol. The number of carboxylic acids is 1. The Balaban J connectivity index is 2.78. The highest BCUT2D eigenvalue weighted by Crippen LogP contribution is 2.14. The maximum absolute atomic E-state index is 10.8. The van der Waals surface area contributed by atoms with Crippen molar-refractivity contribution in [1.82, 2.24) is 9.88 Å². The molecule has 5 heteroatoms. The van der Waals surface area contributed by atoms with Crippen LogP contribution in [0.25, 0.3) is 0 Å². The molecule has 0 aliphatic carbocycles. The molecule has 0 amide bonds. The van der Waals surface area contributed by atoms with Gasteiger partial charge in [0.1, 0.15) is 5.75 Å². The van der Waals surface area contributed by atoms with Crippen LogP contribution in [-0.4, -0.2) is 41.2 Å². The van der Waals surface area contributed by atoms with Crippen molar-refractivity contribution in [1.29, 1.82) is 0 Å². The lowest BCUT2D eigenvalue weighted by Crippen LogP contribution is -2.30. The molecule has 0 bridgehead atoms. The molecule has 0 aromatic carbocycles. The topological polar surface area (TPSA) is 62.7 Å². The van der Waals surface area contributed by atoms with Crippen molar-refractivity contribution in [3.05, 3.63) is 23.5 Å². The first-order valence-corrected chi connectivity index (χ1v) is 6.00. The molecule has 1 N–H and O–H groups in total. The highest BCUT2D eigenvalue weighted by atomic mass is 16.5. The van der Waals surface area contributed by atoms with Crippen molar-refractivity contribution in [2.75, 3.05) is 20.2 Å². The Kier molecular flexibility index (Phi) is 5.58. The fraction of sp³-hybridized carbons (Fsp3) is 0.538. The van der Waals surface area contributed by atoms with E-state index in [2.05, 4.69) is 4.98 Å². The molecule has 0 saturated carbocycles. The van der Waals surface area contributed by atoms with Crippen LogP contribution in [0.5, 0.6) is 5.75 Å². The van der Waals surface area contributed by atoms with Crippen LogP contribution in [0.2, 0.25) is 0 Å². The van der Waals surface area contributed by atoms with Crippen LogP contribution in [0.1, 0.15) is 24.7 Å². The molecule has 1 aromatic heterocycles. The summed E-state index contributed by atoms with van der Waals surface area (Å²) in [5.74, 6) is -0.0626. The molecule has 18 heavy (non-hydrogen) atoms. The molecular weight excluding hydrogens is 232 g/mol. The fourth-order valence-corrected chi connectivity index (χ4v) is 1.85. The Labute approximate surface area is 107 Å². The van der Waals surface area contributed by atoms with Gasteiger partial charge in [-0.25, -0.2) is 0 Å². The predicted molar refractivity (Wildman–Crippen MR) is 68.7 cm³/mol. The number of aromatic nitrogens is 1. The van der Waals surface area contributed by atoms with E-state index in [1.165, 1.54) is 0 Å². The maximum atomic E-state index is 10.8. The number of pyridine rings is 1. The lowest BCUT2D eigenvalue weighted by atomic mass is 10.2. The third kappa shape index (κ3) is 4.71. The first-order valence-electron chi connectivity index (χ1n) is 6.00. The van der Waals surface area contributed by atoms with Crippen LogP contribution < -0.4 is 4.74 Å². The molecule has 1 rings (SSSR count). The molecule has 0 radical (unpaired) electrons. The molecule has 0 atom stereocenters. The van der Waals surface area contributed by atoms with E-state index < -0.39 is 5.97 Å². The smallest absolute Gasteiger partial charge is 0.317 e. The fourth-order valence-electron chi connectivity index (χ4n) is 1.85. The van der Waals surface area contributed by atoms with Gasteiger partial charge in [-0.15, -0.1) is 0 Å².